The molecule has 120 valence electrons. The predicted octanol–water partition coefficient (Wildman–Crippen LogP) is 0.509. The van der Waals surface area contributed by atoms with Crippen LogP contribution in [0.2, 0.25) is 0 Å². The molecule has 8 heteroatoms. The summed E-state index contributed by atoms with van der Waals surface area (Å²) in [5.74, 6) is -0.905. The van der Waals surface area contributed by atoms with E-state index in [1.165, 1.54) is 4.68 Å². The number of aliphatic hydroxyl groups is 1. The van der Waals surface area contributed by atoms with Crippen molar-refractivity contribution in [1.82, 2.24) is 20.6 Å². The number of nitrogens with one attached hydrogen (secondary N) is 2. The molecule has 23 heavy (non-hydrogen) atoms. The Balaban J connectivity index is 2.08. The van der Waals surface area contributed by atoms with E-state index in [2.05, 4.69) is 16.0 Å². The monoisotopic (exact) mass is 484 g/mol. The Hall–Kier alpha value is -2.11. The van der Waals surface area contributed by atoms with Gasteiger partial charge in [-0.2, -0.15) is 0 Å². The number of hydrazine groups is 1. The van der Waals surface area contributed by atoms with Gasteiger partial charge in [0.05, 0.1) is 0 Å². The van der Waals surface area contributed by atoms with Crippen LogP contribution in [0.25, 0.3) is 0 Å². The summed E-state index contributed by atoms with van der Waals surface area (Å²) in [4.78, 5) is 24.3. The number of hydrogen-bond acceptors (Lipinski definition) is 4. The molecule has 7 nitrogen and oxygen atoms in total. The first-order valence-electron chi connectivity index (χ1n) is 6.75. The number of aryl methyl sites for hydroxylation is 2. The molecule has 0 saturated carbocycles. The van der Waals surface area contributed by atoms with E-state index in [0.29, 0.717) is 16.8 Å². The van der Waals surface area contributed by atoms with Crippen LogP contribution in [0, 0.1) is 13.8 Å². The summed E-state index contributed by atoms with van der Waals surface area (Å²) in [6.45, 7) is 3.61. The number of nitrogens with zero attached hydrogens (tertiary/aromatic N) is 2. The standard InChI is InChI=1S/C15H16N4O3.W/c1-9-10(2)18-19(3)13(9)15(22)17-16-14(21)12-6-4-5-11(7-12)8-20;/h4-7,20H,1-3H3,(H,16,21)(H,17,22);. The number of amides is 2. The van der Waals surface area contributed by atoms with Gasteiger partial charge in [-0.3, -0.25) is 0 Å². The molecule has 0 unspecified atom stereocenters. The maximum atomic E-state index is 12.2. The fraction of sp³-hybridized carbons (Fsp3) is 0.200. The van der Waals surface area contributed by atoms with Gasteiger partial charge in [0.25, 0.3) is 0 Å². The van der Waals surface area contributed by atoms with Crippen LogP contribution in [0.4, 0.5) is 0 Å². The summed E-state index contributed by atoms with van der Waals surface area (Å²) in [6, 6.07) is 6.53. The van der Waals surface area contributed by atoms with Gasteiger partial charge in [-0.15, -0.1) is 0 Å². The normalized spacial score (nSPS) is 10.3. The summed E-state index contributed by atoms with van der Waals surface area (Å²) in [5, 5.41) is 13.7. The Morgan fingerprint density at radius 2 is 1.78 bits per heavy atom. The number of aromatic nitrogens is 2. The minimum atomic E-state index is -0.465. The molecule has 0 aliphatic heterocycles. The second-order valence-electron chi connectivity index (χ2n) is 4.98. The SMILES string of the molecule is Cc1nn(C)c(C(=O)NNC(=O)c2cccc([C](O)=[W])c2)c1C. The van der Waals surface area contributed by atoms with Gasteiger partial charge < -0.3 is 0 Å². The number of aliphatic hydroxyl groups excluding tert-OH is 1. The van der Waals surface area contributed by atoms with Crippen molar-refractivity contribution in [2.24, 2.45) is 7.05 Å². The summed E-state index contributed by atoms with van der Waals surface area (Å²) in [6.07, 6.45) is 0. The van der Waals surface area contributed by atoms with Gasteiger partial charge in [0.15, 0.2) is 0 Å². The number of benzene rings is 1. The molecule has 0 saturated heterocycles. The van der Waals surface area contributed by atoms with E-state index in [4.69, 9.17) is 0 Å². The van der Waals surface area contributed by atoms with Gasteiger partial charge in [0.1, 0.15) is 0 Å². The summed E-state index contributed by atoms with van der Waals surface area (Å²) < 4.78 is 1.67. The quantitative estimate of drug-likeness (QED) is 0.554. The van der Waals surface area contributed by atoms with Crippen molar-refractivity contribution in [2.45, 2.75) is 13.8 Å². The third-order valence-corrected chi connectivity index (χ3v) is 4.24. The van der Waals surface area contributed by atoms with Crippen molar-refractivity contribution >= 4 is 15.9 Å². The molecule has 1 heterocycles. The van der Waals surface area contributed by atoms with Crippen LogP contribution in [0.1, 0.15) is 37.7 Å². The first-order chi connectivity index (χ1) is 10.8. The molecule has 1 aromatic carbocycles. The van der Waals surface area contributed by atoms with Crippen molar-refractivity contribution in [3.63, 3.8) is 0 Å². The van der Waals surface area contributed by atoms with Gasteiger partial charge in [0.2, 0.25) is 0 Å². The van der Waals surface area contributed by atoms with E-state index in [1.807, 2.05) is 6.92 Å². The molecule has 0 fully saturated rings. The Bertz CT molecular complexity index is 798. The van der Waals surface area contributed by atoms with Crippen molar-refractivity contribution in [1.29, 1.82) is 0 Å². The molecule has 0 spiro atoms. The van der Waals surface area contributed by atoms with E-state index < -0.39 is 11.8 Å². The van der Waals surface area contributed by atoms with E-state index in [9.17, 15) is 14.7 Å². The molecular weight excluding hydrogens is 468 g/mol. The maximum absolute atomic E-state index is 12.2. The van der Waals surface area contributed by atoms with Gasteiger partial charge in [0, 0.05) is 0 Å². The summed E-state index contributed by atoms with van der Waals surface area (Å²) in [7, 11) is 1.67. The molecule has 2 rings (SSSR count). The van der Waals surface area contributed by atoms with Crippen molar-refractivity contribution in [2.75, 3.05) is 0 Å². The molecule has 0 aliphatic rings. The Labute approximate surface area is 144 Å². The molecule has 0 atom stereocenters. The van der Waals surface area contributed by atoms with Crippen LogP contribution < -0.4 is 10.9 Å². The second-order valence-corrected chi connectivity index (χ2v) is 6.37. The zero-order valence-corrected chi connectivity index (χ0v) is 15.8. The minimum absolute atomic E-state index is 0.199. The van der Waals surface area contributed by atoms with Gasteiger partial charge in [-0.25, -0.2) is 0 Å². The topological polar surface area (TPSA) is 96.3 Å². The molecule has 2 aromatic rings. The molecule has 1 aromatic heterocycles. The van der Waals surface area contributed by atoms with Crippen LogP contribution in [-0.2, 0) is 26.4 Å². The van der Waals surface area contributed by atoms with E-state index in [-0.39, 0.29) is 4.08 Å². The summed E-state index contributed by atoms with van der Waals surface area (Å²) >= 11 is 0.910. The van der Waals surface area contributed by atoms with Gasteiger partial charge >= 0.3 is 144 Å². The first kappa shape index (κ1) is 17.2. The molecule has 0 bridgehead atoms. The van der Waals surface area contributed by atoms with Crippen LogP contribution in [0.3, 0.4) is 0 Å². The average Bonchev–Trinajstić information content (AvgIpc) is 2.77. The van der Waals surface area contributed by atoms with Crippen molar-refractivity contribution in [3.05, 3.63) is 52.3 Å². The van der Waals surface area contributed by atoms with Crippen molar-refractivity contribution < 1.29 is 34.0 Å². The third kappa shape index (κ3) is 3.81. The fourth-order valence-corrected chi connectivity index (χ4v) is 2.58. The number of hydrogen-bond donors (Lipinski definition) is 3. The van der Waals surface area contributed by atoms with Crippen LogP contribution in [0.15, 0.2) is 24.3 Å². The number of carbonyl (C=O) groups is 2. The first-order valence-corrected chi connectivity index (χ1v) is 8.22. The van der Waals surface area contributed by atoms with Crippen LogP contribution in [0.5, 0.6) is 0 Å². The Morgan fingerprint density at radius 3 is 2.35 bits per heavy atom. The van der Waals surface area contributed by atoms with Crippen LogP contribution >= 0.6 is 0 Å². The van der Waals surface area contributed by atoms with Crippen molar-refractivity contribution in [3.8, 4) is 0 Å². The van der Waals surface area contributed by atoms with Gasteiger partial charge in [-0.1, -0.05) is 0 Å². The van der Waals surface area contributed by atoms with E-state index in [1.54, 1.807) is 38.2 Å². The van der Waals surface area contributed by atoms with Gasteiger partial charge in [-0.05, 0) is 0 Å². The zero-order chi connectivity index (χ0) is 17.1. The number of rotatable bonds is 3. The Kier molecular flexibility index (Phi) is 5.23. The van der Waals surface area contributed by atoms with E-state index in [0.717, 1.165) is 30.6 Å². The Morgan fingerprint density at radius 1 is 1.17 bits per heavy atom. The molecular formula is C15H16N4O3W. The second kappa shape index (κ2) is 6.98. The van der Waals surface area contributed by atoms with Crippen LogP contribution in [-0.4, -0.2) is 30.8 Å². The fourth-order valence-electron chi connectivity index (χ4n) is 2.12. The average molecular weight is 484 g/mol. The molecule has 0 aliphatic carbocycles. The molecule has 2 amide bonds. The number of carbonyl (C=O) groups excluding carboxylic acids is 2. The third-order valence-electron chi connectivity index (χ3n) is 3.40. The summed E-state index contributed by atoms with van der Waals surface area (Å²) in [5.41, 5.74) is 7.57. The molecule has 0 radical (unpaired) electrons. The molecule has 3 N–H and O–H groups in total. The zero-order valence-electron chi connectivity index (χ0n) is 12.9. The predicted molar refractivity (Wildman–Crippen MR) is 80.1 cm³/mol. The van der Waals surface area contributed by atoms with E-state index >= 15 is 0 Å².